The van der Waals surface area contributed by atoms with Gasteiger partial charge in [-0.15, -0.1) is 0 Å². The van der Waals surface area contributed by atoms with E-state index in [1.54, 1.807) is 28.7 Å². The highest BCUT2D eigenvalue weighted by atomic mass is 127. The van der Waals surface area contributed by atoms with Gasteiger partial charge in [-0.05, 0) is 34.7 Å². The van der Waals surface area contributed by atoms with Crippen LogP contribution in [0.15, 0.2) is 29.2 Å². The topological polar surface area (TPSA) is 80.7 Å². The molecule has 0 heterocycles. The van der Waals surface area contributed by atoms with Crippen LogP contribution in [0.25, 0.3) is 0 Å². The van der Waals surface area contributed by atoms with Gasteiger partial charge in [0.2, 0.25) is 17.4 Å². The zero-order valence-electron chi connectivity index (χ0n) is 11.2. The van der Waals surface area contributed by atoms with E-state index in [2.05, 4.69) is 4.74 Å². The van der Waals surface area contributed by atoms with Gasteiger partial charge in [-0.3, -0.25) is 4.55 Å². The lowest BCUT2D eigenvalue weighted by Crippen LogP contribution is -2.16. The van der Waals surface area contributed by atoms with Gasteiger partial charge in [0.25, 0.3) is 0 Å². The monoisotopic (exact) mass is 476 g/mol. The van der Waals surface area contributed by atoms with Crippen molar-refractivity contribution in [3.05, 3.63) is 56.7 Å². The number of hydrogen-bond donors (Lipinski definition) is 1. The van der Waals surface area contributed by atoms with Gasteiger partial charge in [0.15, 0.2) is 16.5 Å². The Balaban J connectivity index is 2.58. The standard InChI is InChI=1S/C13H5F4IO5S/c14-7-9(16)12(24(20,21)22)10(17)8(15)11(7)23-13(19)5-3-1-2-4-6(5)18/h1-4H,(H,20,21,22). The van der Waals surface area contributed by atoms with Crippen molar-refractivity contribution in [2.45, 2.75) is 4.90 Å². The summed E-state index contributed by atoms with van der Waals surface area (Å²) in [5.74, 6) is -12.5. The Morgan fingerprint density at radius 3 is 1.96 bits per heavy atom. The summed E-state index contributed by atoms with van der Waals surface area (Å²) in [6.45, 7) is 0. The molecule has 0 fully saturated rings. The minimum atomic E-state index is -5.58. The second kappa shape index (κ2) is 6.64. The molecule has 24 heavy (non-hydrogen) atoms. The summed E-state index contributed by atoms with van der Waals surface area (Å²) in [5.41, 5.74) is -0.142. The number of hydrogen-bond acceptors (Lipinski definition) is 4. The van der Waals surface area contributed by atoms with Crippen LogP contribution in [0, 0.1) is 26.8 Å². The van der Waals surface area contributed by atoms with Gasteiger partial charge in [0.1, 0.15) is 0 Å². The van der Waals surface area contributed by atoms with Crippen LogP contribution in [0.5, 0.6) is 5.75 Å². The fourth-order valence-corrected chi connectivity index (χ4v) is 2.92. The predicted molar refractivity (Wildman–Crippen MR) is 80.2 cm³/mol. The van der Waals surface area contributed by atoms with Crippen molar-refractivity contribution in [2.24, 2.45) is 0 Å². The van der Waals surface area contributed by atoms with Crippen LogP contribution < -0.4 is 4.74 Å². The van der Waals surface area contributed by atoms with Crippen molar-refractivity contribution in [3.8, 4) is 5.75 Å². The van der Waals surface area contributed by atoms with E-state index in [0.717, 1.165) is 0 Å². The maximum Gasteiger partial charge on any atom is 0.344 e. The molecule has 0 unspecified atom stereocenters. The number of carbonyl (C=O) groups is 1. The van der Waals surface area contributed by atoms with Crippen molar-refractivity contribution < 1.29 is 40.1 Å². The molecule has 0 aliphatic heterocycles. The summed E-state index contributed by atoms with van der Waals surface area (Å²) in [5, 5.41) is 0. The molecule has 0 atom stereocenters. The van der Waals surface area contributed by atoms with Crippen LogP contribution in [0.1, 0.15) is 10.4 Å². The molecule has 0 bridgehead atoms. The first kappa shape index (κ1) is 18.6. The first-order valence-electron chi connectivity index (χ1n) is 5.85. The summed E-state index contributed by atoms with van der Waals surface area (Å²) in [7, 11) is -5.58. The highest BCUT2D eigenvalue weighted by Gasteiger charge is 2.34. The largest absolute Gasteiger partial charge is 0.416 e. The average Bonchev–Trinajstić information content (AvgIpc) is 2.48. The van der Waals surface area contributed by atoms with E-state index in [4.69, 9.17) is 4.55 Å². The lowest BCUT2D eigenvalue weighted by atomic mass is 10.2. The van der Waals surface area contributed by atoms with Gasteiger partial charge in [0.05, 0.1) is 5.56 Å². The van der Waals surface area contributed by atoms with E-state index in [9.17, 15) is 30.8 Å². The van der Waals surface area contributed by atoms with E-state index in [0.29, 0.717) is 3.57 Å². The van der Waals surface area contributed by atoms with Crippen LogP contribution in [0.2, 0.25) is 0 Å². The number of rotatable bonds is 3. The van der Waals surface area contributed by atoms with Crippen LogP contribution in [-0.4, -0.2) is 18.9 Å². The lowest BCUT2D eigenvalue weighted by molar-refractivity contribution is 0.0715. The molecule has 128 valence electrons. The molecule has 2 aromatic rings. The third kappa shape index (κ3) is 3.37. The molecular formula is C13H5F4IO5S. The van der Waals surface area contributed by atoms with Crippen molar-refractivity contribution in [3.63, 3.8) is 0 Å². The number of esters is 1. The molecule has 0 amide bonds. The van der Waals surface area contributed by atoms with E-state index in [-0.39, 0.29) is 5.56 Å². The maximum absolute atomic E-state index is 13.8. The predicted octanol–water partition coefficient (Wildman–Crippen LogP) is 3.31. The summed E-state index contributed by atoms with van der Waals surface area (Å²) in [6.07, 6.45) is 0. The fourth-order valence-electron chi connectivity index (χ4n) is 1.68. The molecule has 0 radical (unpaired) electrons. The molecule has 2 aromatic carbocycles. The van der Waals surface area contributed by atoms with Crippen molar-refractivity contribution >= 4 is 38.7 Å². The Morgan fingerprint density at radius 1 is 1.00 bits per heavy atom. The highest BCUT2D eigenvalue weighted by molar-refractivity contribution is 14.1. The molecule has 0 aliphatic rings. The Labute approximate surface area is 146 Å². The van der Waals surface area contributed by atoms with Gasteiger partial charge < -0.3 is 4.74 Å². The fraction of sp³-hybridized carbons (Fsp3) is 0. The van der Waals surface area contributed by atoms with E-state index in [1.807, 2.05) is 0 Å². The Bertz CT molecular complexity index is 917. The zero-order valence-corrected chi connectivity index (χ0v) is 14.2. The smallest absolute Gasteiger partial charge is 0.344 e. The van der Waals surface area contributed by atoms with Crippen LogP contribution in [0.3, 0.4) is 0 Å². The third-order valence-corrected chi connectivity index (χ3v) is 4.54. The quantitative estimate of drug-likeness (QED) is 0.184. The lowest BCUT2D eigenvalue weighted by Gasteiger charge is -2.11. The molecule has 1 N–H and O–H groups in total. The molecular weight excluding hydrogens is 471 g/mol. The molecule has 0 spiro atoms. The second-order valence-electron chi connectivity index (χ2n) is 4.26. The number of benzene rings is 2. The van der Waals surface area contributed by atoms with Gasteiger partial charge in [-0.25, -0.2) is 13.6 Å². The molecule has 11 heteroatoms. The molecule has 0 aromatic heterocycles. The molecule has 2 rings (SSSR count). The summed E-state index contributed by atoms with van der Waals surface area (Å²) < 4.78 is 89.7. The van der Waals surface area contributed by atoms with Gasteiger partial charge in [-0.1, -0.05) is 12.1 Å². The molecule has 0 aliphatic carbocycles. The highest BCUT2D eigenvalue weighted by Crippen LogP contribution is 2.33. The Morgan fingerprint density at radius 2 is 1.50 bits per heavy atom. The summed E-state index contributed by atoms with van der Waals surface area (Å²) in [6, 6.07) is 5.67. The maximum atomic E-state index is 13.8. The van der Waals surface area contributed by atoms with Crippen LogP contribution in [-0.2, 0) is 10.1 Å². The van der Waals surface area contributed by atoms with Crippen LogP contribution >= 0.6 is 22.6 Å². The summed E-state index contributed by atoms with van der Waals surface area (Å²) >= 11 is 1.72. The van der Waals surface area contributed by atoms with E-state index in [1.165, 1.54) is 18.2 Å². The van der Waals surface area contributed by atoms with Crippen LogP contribution in [0.4, 0.5) is 17.6 Å². The normalized spacial score (nSPS) is 11.4. The first-order valence-corrected chi connectivity index (χ1v) is 8.37. The van der Waals surface area contributed by atoms with Gasteiger partial charge in [0, 0.05) is 3.57 Å². The minimum Gasteiger partial charge on any atom is -0.416 e. The molecule has 0 saturated carbocycles. The number of ether oxygens (including phenoxy) is 1. The van der Waals surface area contributed by atoms with Gasteiger partial charge >= 0.3 is 16.1 Å². The van der Waals surface area contributed by atoms with Crippen molar-refractivity contribution in [1.29, 1.82) is 0 Å². The van der Waals surface area contributed by atoms with Gasteiger partial charge in [-0.2, -0.15) is 17.2 Å². The second-order valence-corrected chi connectivity index (χ2v) is 6.78. The minimum absolute atomic E-state index is 0.142. The first-order chi connectivity index (χ1) is 11.1. The number of halogens is 5. The SMILES string of the molecule is O=C(Oc1c(F)c(F)c(S(=O)(=O)O)c(F)c1F)c1ccccc1I. The number of carbonyl (C=O) groups excluding carboxylic acids is 1. The third-order valence-electron chi connectivity index (χ3n) is 2.73. The molecule has 5 nitrogen and oxygen atoms in total. The Kier molecular flexibility index (Phi) is 5.15. The molecule has 0 saturated heterocycles. The zero-order chi connectivity index (χ0) is 18.2. The van der Waals surface area contributed by atoms with E-state index >= 15 is 0 Å². The van der Waals surface area contributed by atoms with Crippen molar-refractivity contribution in [1.82, 2.24) is 0 Å². The average molecular weight is 476 g/mol. The van der Waals surface area contributed by atoms with Crippen molar-refractivity contribution in [2.75, 3.05) is 0 Å². The Hall–Kier alpha value is -1.73. The summed E-state index contributed by atoms with van der Waals surface area (Å²) in [4.78, 5) is 9.65. The van der Waals surface area contributed by atoms with E-state index < -0.39 is 50.0 Å².